The lowest BCUT2D eigenvalue weighted by Crippen LogP contribution is -2.34. The number of carboxylic acid groups (broad SMARTS) is 3. The highest BCUT2D eigenvalue weighted by Gasteiger charge is 2.23. The molecule has 0 radical (unpaired) electrons. The Kier molecular flexibility index (Phi) is 16.9. The van der Waals surface area contributed by atoms with Gasteiger partial charge in [-0.2, -0.15) is 0 Å². The van der Waals surface area contributed by atoms with Gasteiger partial charge in [0.25, 0.3) is 0 Å². The van der Waals surface area contributed by atoms with Crippen molar-refractivity contribution >= 4 is 35.7 Å². The molecule has 0 unspecified atom stereocenters. The van der Waals surface area contributed by atoms with Crippen LogP contribution in [-0.4, -0.2) is 71.2 Å². The van der Waals surface area contributed by atoms with Gasteiger partial charge in [-0.1, -0.05) is 109 Å². The molecular formula is C41H44N2O10. The fraction of sp³-hybridized carbons (Fsp3) is 0.268. The Hall–Kier alpha value is -6.30. The predicted octanol–water partition coefficient (Wildman–Crippen LogP) is 5.24. The first kappa shape index (κ1) is 41.1. The number of carbonyl (C=O) groups is 6. The topological polar surface area (TPSA) is 196 Å². The molecule has 0 aliphatic rings. The molecule has 4 aromatic carbocycles. The van der Waals surface area contributed by atoms with Crippen molar-refractivity contribution in [2.45, 2.75) is 38.5 Å². The molecule has 12 nitrogen and oxygen atoms in total. The van der Waals surface area contributed by atoms with Crippen molar-refractivity contribution in [3.8, 4) is 22.3 Å². The molecule has 0 bridgehead atoms. The summed E-state index contributed by atoms with van der Waals surface area (Å²) in [4.78, 5) is 68.3. The molecule has 0 heterocycles. The summed E-state index contributed by atoms with van der Waals surface area (Å²) in [7, 11) is 1.27. The average Bonchev–Trinajstić information content (AvgIpc) is 3.15. The summed E-state index contributed by atoms with van der Waals surface area (Å²) in [5.41, 5.74) is 5.99. The third-order valence-corrected chi connectivity index (χ3v) is 8.16. The quantitative estimate of drug-likeness (QED) is 0.0846. The molecule has 0 saturated heterocycles. The number of carbonyl (C=O) groups excluding carboxylic acids is 3. The largest absolute Gasteiger partial charge is 0.481 e. The van der Waals surface area contributed by atoms with Crippen LogP contribution in [0.4, 0.5) is 0 Å². The van der Waals surface area contributed by atoms with Crippen LogP contribution in [0.5, 0.6) is 0 Å². The molecule has 0 aliphatic carbocycles. The van der Waals surface area contributed by atoms with Crippen molar-refractivity contribution < 1.29 is 48.8 Å². The maximum atomic E-state index is 12.3. The number of ether oxygens (including phenoxy) is 1. The van der Waals surface area contributed by atoms with Crippen LogP contribution >= 0.6 is 0 Å². The number of rotatable bonds is 18. The van der Waals surface area contributed by atoms with Gasteiger partial charge in [0.2, 0.25) is 11.8 Å². The van der Waals surface area contributed by atoms with E-state index in [1.165, 1.54) is 7.11 Å². The van der Waals surface area contributed by atoms with Crippen LogP contribution in [0.15, 0.2) is 109 Å². The Labute approximate surface area is 307 Å². The number of aliphatic carboxylic acids is 3. The summed E-state index contributed by atoms with van der Waals surface area (Å²) >= 11 is 0. The summed E-state index contributed by atoms with van der Waals surface area (Å²) in [5.74, 6) is -5.83. The molecule has 5 N–H and O–H groups in total. The van der Waals surface area contributed by atoms with E-state index in [9.17, 15) is 28.8 Å². The lowest BCUT2D eigenvalue weighted by atomic mass is 9.94. The first-order valence-corrected chi connectivity index (χ1v) is 17.0. The van der Waals surface area contributed by atoms with E-state index in [1.807, 2.05) is 109 Å². The van der Waals surface area contributed by atoms with E-state index in [-0.39, 0.29) is 51.1 Å². The molecule has 0 saturated carbocycles. The Bertz CT molecular complexity index is 1790. The Balaban J connectivity index is 0.000000286. The molecule has 0 spiro atoms. The monoisotopic (exact) mass is 724 g/mol. The average molecular weight is 725 g/mol. The van der Waals surface area contributed by atoms with Gasteiger partial charge in [-0.3, -0.25) is 28.8 Å². The molecule has 0 aliphatic heterocycles. The van der Waals surface area contributed by atoms with E-state index in [2.05, 4.69) is 15.4 Å². The van der Waals surface area contributed by atoms with E-state index in [4.69, 9.17) is 15.3 Å². The highest BCUT2D eigenvalue weighted by atomic mass is 16.5. The van der Waals surface area contributed by atoms with E-state index >= 15 is 0 Å². The predicted molar refractivity (Wildman–Crippen MR) is 198 cm³/mol. The summed E-state index contributed by atoms with van der Waals surface area (Å²) in [6, 6.07) is 35.1. The fourth-order valence-corrected chi connectivity index (χ4v) is 5.40. The van der Waals surface area contributed by atoms with Gasteiger partial charge in [0, 0.05) is 13.1 Å². The number of benzene rings is 4. The maximum absolute atomic E-state index is 12.3. The highest BCUT2D eigenvalue weighted by molar-refractivity contribution is 5.84. The number of amides is 2. The smallest absolute Gasteiger partial charge is 0.307 e. The van der Waals surface area contributed by atoms with Crippen molar-refractivity contribution in [1.82, 2.24) is 10.6 Å². The van der Waals surface area contributed by atoms with Gasteiger partial charge in [0.15, 0.2) is 0 Å². The van der Waals surface area contributed by atoms with Gasteiger partial charge in [-0.15, -0.1) is 0 Å². The van der Waals surface area contributed by atoms with Crippen molar-refractivity contribution in [1.29, 1.82) is 0 Å². The van der Waals surface area contributed by atoms with Crippen molar-refractivity contribution in [2.75, 3.05) is 20.2 Å². The molecule has 4 rings (SSSR count). The van der Waals surface area contributed by atoms with Crippen molar-refractivity contribution in [2.24, 2.45) is 11.8 Å². The van der Waals surface area contributed by atoms with Gasteiger partial charge >= 0.3 is 23.9 Å². The number of carboxylic acids is 3. The molecule has 12 heteroatoms. The first-order chi connectivity index (χ1) is 25.4. The summed E-state index contributed by atoms with van der Waals surface area (Å²) in [5, 5.41) is 31.9. The minimum absolute atomic E-state index is 0.0166. The minimum atomic E-state index is -1.07. The second kappa shape index (κ2) is 21.8. The van der Waals surface area contributed by atoms with Crippen LogP contribution < -0.4 is 10.6 Å². The molecule has 0 fully saturated rings. The second-order valence-electron chi connectivity index (χ2n) is 12.2. The number of hydrogen-bond acceptors (Lipinski definition) is 7. The Morgan fingerprint density at radius 1 is 0.509 bits per heavy atom. The van der Waals surface area contributed by atoms with E-state index in [0.717, 1.165) is 33.4 Å². The Morgan fingerprint density at radius 2 is 0.868 bits per heavy atom. The van der Waals surface area contributed by atoms with E-state index in [1.54, 1.807) is 0 Å². The summed E-state index contributed by atoms with van der Waals surface area (Å²) in [6.45, 7) is 0.103. The second-order valence-corrected chi connectivity index (χ2v) is 12.2. The normalized spacial score (nSPS) is 11.5. The van der Waals surface area contributed by atoms with Crippen LogP contribution in [0.2, 0.25) is 0 Å². The molecule has 2 atom stereocenters. The van der Waals surface area contributed by atoms with Gasteiger partial charge in [-0.25, -0.2) is 0 Å². The number of methoxy groups -OCH3 is 1. The van der Waals surface area contributed by atoms with Crippen molar-refractivity contribution in [3.05, 3.63) is 120 Å². The fourth-order valence-electron chi connectivity index (χ4n) is 5.40. The zero-order chi connectivity index (χ0) is 38.6. The van der Waals surface area contributed by atoms with E-state index in [0.29, 0.717) is 6.42 Å². The van der Waals surface area contributed by atoms with Crippen LogP contribution in [-0.2, 0) is 46.3 Å². The molecular weight excluding hydrogens is 680 g/mol. The van der Waals surface area contributed by atoms with Gasteiger partial charge in [0.1, 0.15) is 0 Å². The lowest BCUT2D eigenvalue weighted by molar-refractivity contribution is -0.142. The zero-order valence-electron chi connectivity index (χ0n) is 29.4. The summed E-state index contributed by atoms with van der Waals surface area (Å²) in [6.07, 6.45) is -0.138. The molecule has 278 valence electrons. The van der Waals surface area contributed by atoms with Gasteiger partial charge in [0.05, 0.1) is 44.6 Å². The molecule has 2 amide bonds. The standard InChI is InChI=1S/C21H23NO5.C20H21NO5/c1-27-20(25)11-12-22-21(26)18(14-19(23)24)13-15-7-9-17(10-8-15)16-5-3-2-4-6-16;22-18(23)10-11-21-20(26)17(13-19(24)25)12-14-6-8-16(9-7-14)15-4-2-1-3-5-15/h2-10,18H,11-14H2,1H3,(H,22,26)(H,23,24);1-9,17H,10-13H2,(H,21,26)(H,22,23)(H,24,25)/t18-;17-/m11/s1. The van der Waals surface area contributed by atoms with Crippen LogP contribution in [0.3, 0.4) is 0 Å². The van der Waals surface area contributed by atoms with E-state index < -0.39 is 41.6 Å². The SMILES string of the molecule is COC(=O)CCNC(=O)[C@@H](CC(=O)O)Cc1ccc(-c2ccccc2)cc1.O=C(O)CCNC(=O)[C@@H](CC(=O)O)Cc1ccc(-c2ccccc2)cc1. The first-order valence-electron chi connectivity index (χ1n) is 17.0. The van der Waals surface area contributed by atoms with Gasteiger partial charge < -0.3 is 30.7 Å². The number of hydrogen-bond donors (Lipinski definition) is 5. The van der Waals surface area contributed by atoms with Crippen LogP contribution in [0.1, 0.15) is 36.8 Å². The zero-order valence-corrected chi connectivity index (χ0v) is 29.4. The van der Waals surface area contributed by atoms with Crippen LogP contribution in [0.25, 0.3) is 22.3 Å². The highest BCUT2D eigenvalue weighted by Crippen LogP contribution is 2.23. The number of nitrogens with one attached hydrogen (secondary N) is 2. The van der Waals surface area contributed by atoms with Gasteiger partial charge in [-0.05, 0) is 46.2 Å². The molecule has 53 heavy (non-hydrogen) atoms. The van der Waals surface area contributed by atoms with Crippen LogP contribution in [0, 0.1) is 11.8 Å². The van der Waals surface area contributed by atoms with Crippen molar-refractivity contribution in [3.63, 3.8) is 0 Å². The summed E-state index contributed by atoms with van der Waals surface area (Å²) < 4.78 is 4.52. The lowest BCUT2D eigenvalue weighted by Gasteiger charge is -2.15. The Morgan fingerprint density at radius 3 is 1.21 bits per heavy atom. The maximum Gasteiger partial charge on any atom is 0.307 e. The molecule has 0 aromatic heterocycles. The third kappa shape index (κ3) is 15.2. The third-order valence-electron chi connectivity index (χ3n) is 8.16. The molecule has 4 aromatic rings. The number of esters is 1. The minimum Gasteiger partial charge on any atom is -0.481 e.